The molecule has 4 rings (SSSR count). The average Bonchev–Trinajstić information content (AvgIpc) is 2.96. The fraction of sp³-hybridized carbons (Fsp3) is 0.278. The van der Waals surface area contributed by atoms with Crippen molar-refractivity contribution in [2.24, 2.45) is 0 Å². The molecule has 0 spiro atoms. The number of rotatable bonds is 2. The van der Waals surface area contributed by atoms with Gasteiger partial charge in [0.25, 0.3) is 0 Å². The number of benzene rings is 2. The van der Waals surface area contributed by atoms with Crippen molar-refractivity contribution in [1.29, 1.82) is 0 Å². The maximum absolute atomic E-state index is 14.2. The van der Waals surface area contributed by atoms with Gasteiger partial charge in [-0.1, -0.05) is 24.3 Å². The molecule has 2 heterocycles. The van der Waals surface area contributed by atoms with Crippen molar-refractivity contribution in [3.05, 3.63) is 54.3 Å². The van der Waals surface area contributed by atoms with Crippen LogP contribution in [0.15, 0.2) is 48.5 Å². The summed E-state index contributed by atoms with van der Waals surface area (Å²) in [6.45, 7) is 3.91. The first kappa shape index (κ1) is 16.7. The van der Waals surface area contributed by atoms with Crippen molar-refractivity contribution in [1.82, 2.24) is 14.7 Å². The van der Waals surface area contributed by atoms with Crippen LogP contribution in [0.2, 0.25) is 0 Å². The standard InChI is InChI=1S/C18H19FN4.ClH/c1-21-10-12-22(13-11-21)18-14-6-2-4-8-16(14)23(20-18)17-9-5-3-7-15(17)19;/h2-9H,10-13H2,1H3;1H. The Kier molecular flexibility index (Phi) is 4.73. The van der Waals surface area contributed by atoms with Crippen LogP contribution in [-0.4, -0.2) is 47.9 Å². The van der Waals surface area contributed by atoms with Gasteiger partial charge in [-0.2, -0.15) is 0 Å². The molecule has 0 radical (unpaired) electrons. The molecule has 1 saturated heterocycles. The lowest BCUT2D eigenvalue weighted by atomic mass is 10.2. The summed E-state index contributed by atoms with van der Waals surface area (Å²) >= 11 is 0. The zero-order valence-electron chi connectivity index (χ0n) is 13.5. The molecule has 6 heteroatoms. The van der Waals surface area contributed by atoms with E-state index in [-0.39, 0.29) is 18.2 Å². The van der Waals surface area contributed by atoms with Gasteiger partial charge in [0, 0.05) is 31.6 Å². The molecule has 126 valence electrons. The van der Waals surface area contributed by atoms with Crippen LogP contribution in [0.5, 0.6) is 0 Å². The van der Waals surface area contributed by atoms with E-state index in [0.29, 0.717) is 5.69 Å². The molecule has 24 heavy (non-hydrogen) atoms. The lowest BCUT2D eigenvalue weighted by Crippen LogP contribution is -2.44. The molecule has 0 aliphatic carbocycles. The van der Waals surface area contributed by atoms with E-state index in [0.717, 1.165) is 42.9 Å². The minimum Gasteiger partial charge on any atom is -0.352 e. The van der Waals surface area contributed by atoms with Gasteiger partial charge in [-0.15, -0.1) is 17.5 Å². The van der Waals surface area contributed by atoms with Crippen molar-refractivity contribution in [3.8, 4) is 5.69 Å². The Morgan fingerprint density at radius 1 is 0.917 bits per heavy atom. The minimum absolute atomic E-state index is 0. The first-order chi connectivity index (χ1) is 11.2. The number of nitrogens with zero attached hydrogens (tertiary/aromatic N) is 4. The van der Waals surface area contributed by atoms with Gasteiger partial charge in [-0.25, -0.2) is 9.07 Å². The fourth-order valence-electron chi connectivity index (χ4n) is 3.11. The minimum atomic E-state index is -0.259. The quantitative estimate of drug-likeness (QED) is 0.711. The maximum atomic E-state index is 14.2. The van der Waals surface area contributed by atoms with E-state index in [1.54, 1.807) is 16.8 Å². The molecule has 0 atom stereocenters. The van der Waals surface area contributed by atoms with Crippen LogP contribution >= 0.6 is 12.4 Å². The van der Waals surface area contributed by atoms with Crippen molar-refractivity contribution in [3.63, 3.8) is 0 Å². The lowest BCUT2D eigenvalue weighted by molar-refractivity contribution is 0.312. The predicted octanol–water partition coefficient (Wildman–Crippen LogP) is 3.34. The van der Waals surface area contributed by atoms with E-state index in [2.05, 4.69) is 22.9 Å². The van der Waals surface area contributed by atoms with Crippen molar-refractivity contribution < 1.29 is 4.39 Å². The third-order valence-corrected chi connectivity index (χ3v) is 4.45. The number of fused-ring (bicyclic) bond motifs is 1. The monoisotopic (exact) mass is 346 g/mol. The van der Waals surface area contributed by atoms with E-state index in [1.807, 2.05) is 24.3 Å². The zero-order valence-corrected chi connectivity index (χ0v) is 14.3. The molecule has 0 bridgehead atoms. The van der Waals surface area contributed by atoms with E-state index in [9.17, 15) is 4.39 Å². The highest BCUT2D eigenvalue weighted by atomic mass is 35.5. The second kappa shape index (κ2) is 6.79. The smallest absolute Gasteiger partial charge is 0.159 e. The van der Waals surface area contributed by atoms with E-state index in [4.69, 9.17) is 5.10 Å². The van der Waals surface area contributed by atoms with Gasteiger partial charge in [0.05, 0.1) is 5.52 Å². The first-order valence-corrected chi connectivity index (χ1v) is 7.90. The summed E-state index contributed by atoms with van der Waals surface area (Å²) in [5.41, 5.74) is 1.43. The zero-order chi connectivity index (χ0) is 15.8. The summed E-state index contributed by atoms with van der Waals surface area (Å²) in [4.78, 5) is 4.60. The largest absolute Gasteiger partial charge is 0.352 e. The normalized spacial score (nSPS) is 15.5. The molecule has 1 fully saturated rings. The summed E-state index contributed by atoms with van der Waals surface area (Å²) in [5.74, 6) is 0.683. The Bertz CT molecular complexity index is 840. The van der Waals surface area contributed by atoms with Gasteiger partial charge in [-0.3, -0.25) is 0 Å². The number of hydrogen-bond acceptors (Lipinski definition) is 3. The Balaban J connectivity index is 0.00000169. The van der Waals surface area contributed by atoms with Crippen molar-refractivity contribution in [2.45, 2.75) is 0 Å². The van der Waals surface area contributed by atoms with Gasteiger partial charge in [-0.05, 0) is 31.3 Å². The molecular weight excluding hydrogens is 327 g/mol. The third-order valence-electron chi connectivity index (χ3n) is 4.45. The number of anilines is 1. The topological polar surface area (TPSA) is 24.3 Å². The summed E-state index contributed by atoms with van der Waals surface area (Å²) in [5, 5.41) is 5.82. The highest BCUT2D eigenvalue weighted by molar-refractivity contribution is 5.91. The Morgan fingerprint density at radius 2 is 1.58 bits per heavy atom. The molecule has 2 aromatic carbocycles. The molecule has 0 saturated carbocycles. The number of aromatic nitrogens is 2. The SMILES string of the molecule is CN1CCN(c2nn(-c3ccccc3F)c3ccccc23)CC1.Cl. The maximum Gasteiger partial charge on any atom is 0.159 e. The molecular formula is C18H20ClFN4. The summed E-state index contributed by atoms with van der Waals surface area (Å²) in [6, 6.07) is 14.8. The van der Waals surface area contributed by atoms with Crippen LogP contribution in [-0.2, 0) is 0 Å². The van der Waals surface area contributed by atoms with Crippen LogP contribution in [0.4, 0.5) is 10.2 Å². The van der Waals surface area contributed by atoms with Gasteiger partial charge in [0.2, 0.25) is 0 Å². The fourth-order valence-corrected chi connectivity index (χ4v) is 3.11. The average molecular weight is 347 g/mol. The van der Waals surface area contributed by atoms with Crippen molar-refractivity contribution in [2.75, 3.05) is 38.1 Å². The van der Waals surface area contributed by atoms with Gasteiger partial charge >= 0.3 is 0 Å². The molecule has 0 N–H and O–H groups in total. The molecule has 4 nitrogen and oxygen atoms in total. The second-order valence-corrected chi connectivity index (χ2v) is 5.99. The van der Waals surface area contributed by atoms with Crippen LogP contribution in [0.3, 0.4) is 0 Å². The second-order valence-electron chi connectivity index (χ2n) is 5.99. The Hall–Kier alpha value is -2.11. The summed E-state index contributed by atoms with van der Waals surface area (Å²) in [7, 11) is 2.13. The number of para-hydroxylation sites is 2. The summed E-state index contributed by atoms with van der Waals surface area (Å²) in [6.07, 6.45) is 0. The molecule has 0 unspecified atom stereocenters. The lowest BCUT2D eigenvalue weighted by Gasteiger charge is -2.32. The van der Waals surface area contributed by atoms with Crippen LogP contribution < -0.4 is 4.90 Å². The molecule has 1 aliphatic rings. The highest BCUT2D eigenvalue weighted by Crippen LogP contribution is 2.29. The van der Waals surface area contributed by atoms with Gasteiger partial charge in [0.15, 0.2) is 5.82 Å². The van der Waals surface area contributed by atoms with E-state index >= 15 is 0 Å². The van der Waals surface area contributed by atoms with E-state index < -0.39 is 0 Å². The third kappa shape index (κ3) is 2.85. The highest BCUT2D eigenvalue weighted by Gasteiger charge is 2.21. The van der Waals surface area contributed by atoms with Crippen LogP contribution in [0.25, 0.3) is 16.6 Å². The number of likely N-dealkylation sites (N-methyl/N-ethyl adjacent to an activating group) is 1. The van der Waals surface area contributed by atoms with Gasteiger partial charge < -0.3 is 9.80 Å². The molecule has 0 amide bonds. The predicted molar refractivity (Wildman–Crippen MR) is 98.0 cm³/mol. The number of halogens is 2. The first-order valence-electron chi connectivity index (χ1n) is 7.90. The van der Waals surface area contributed by atoms with Gasteiger partial charge in [0.1, 0.15) is 11.5 Å². The number of piperazine rings is 1. The Labute approximate surface area is 146 Å². The molecule has 1 aliphatic heterocycles. The number of hydrogen-bond donors (Lipinski definition) is 0. The molecule has 1 aromatic heterocycles. The Morgan fingerprint density at radius 3 is 2.33 bits per heavy atom. The summed E-state index contributed by atoms with van der Waals surface area (Å²) < 4.78 is 15.9. The molecule has 3 aromatic rings. The van der Waals surface area contributed by atoms with Crippen LogP contribution in [0.1, 0.15) is 0 Å². The van der Waals surface area contributed by atoms with Crippen molar-refractivity contribution >= 4 is 29.1 Å². The van der Waals surface area contributed by atoms with E-state index in [1.165, 1.54) is 6.07 Å². The van der Waals surface area contributed by atoms with Crippen LogP contribution in [0, 0.1) is 5.82 Å².